The molecule has 0 aliphatic carbocycles. The normalized spacial score (nSPS) is 11.9. The quantitative estimate of drug-likeness (QED) is 0.273. The number of carbonyl (C=O) groups excluding carboxylic acids is 1. The van der Waals surface area contributed by atoms with Crippen molar-refractivity contribution < 1.29 is 22.0 Å². The lowest BCUT2D eigenvalue weighted by Gasteiger charge is -2.10. The number of nitrogens with zero attached hydrogens (tertiary/aromatic N) is 2. The van der Waals surface area contributed by atoms with E-state index in [1.165, 1.54) is 36.6 Å². The second-order valence-electron chi connectivity index (χ2n) is 8.31. The molecule has 1 amide bonds. The SMILES string of the molecule is O=C(NCc1ccco1)/C(=C\c1cn(-c2ccccc2)nc1-c1ccc(F)cc1)S(=O)(=O)c1ccccc1. The molecule has 9 heteroatoms. The minimum Gasteiger partial charge on any atom is -0.467 e. The zero-order valence-corrected chi connectivity index (χ0v) is 20.8. The Balaban J connectivity index is 1.65. The van der Waals surface area contributed by atoms with E-state index in [1.807, 2.05) is 30.3 Å². The van der Waals surface area contributed by atoms with Crippen molar-refractivity contribution >= 4 is 21.8 Å². The van der Waals surface area contributed by atoms with Crippen LogP contribution in [-0.4, -0.2) is 24.1 Å². The third-order valence-electron chi connectivity index (χ3n) is 5.74. The van der Waals surface area contributed by atoms with Crippen molar-refractivity contribution in [1.82, 2.24) is 15.1 Å². The van der Waals surface area contributed by atoms with Crippen LogP contribution in [0.3, 0.4) is 0 Å². The standard InChI is InChI=1S/C29H22FN3O4S/c30-23-15-13-21(14-16-23)28-22(20-33(32-28)24-8-3-1-4-9-24)18-27(29(34)31-19-25-10-7-17-37-25)38(35,36)26-11-5-2-6-12-26/h1-18,20H,19H2,(H,31,34)/b27-18+. The van der Waals surface area contributed by atoms with Crippen molar-refractivity contribution in [2.24, 2.45) is 0 Å². The van der Waals surface area contributed by atoms with Gasteiger partial charge in [0.05, 0.1) is 29.1 Å². The number of furan rings is 1. The second-order valence-corrected chi connectivity index (χ2v) is 10.2. The molecule has 0 bridgehead atoms. The molecular weight excluding hydrogens is 505 g/mol. The van der Waals surface area contributed by atoms with E-state index in [4.69, 9.17) is 4.42 Å². The maximum atomic E-state index is 13.7. The maximum Gasteiger partial charge on any atom is 0.263 e. The van der Waals surface area contributed by atoms with Gasteiger partial charge in [0.2, 0.25) is 9.84 Å². The van der Waals surface area contributed by atoms with Crippen LogP contribution in [0.25, 0.3) is 23.0 Å². The van der Waals surface area contributed by atoms with Gasteiger partial charge in [0.1, 0.15) is 16.5 Å². The topological polar surface area (TPSA) is 94.2 Å². The Hall–Kier alpha value is -4.76. The molecule has 0 spiro atoms. The van der Waals surface area contributed by atoms with Gasteiger partial charge < -0.3 is 9.73 Å². The van der Waals surface area contributed by atoms with Gasteiger partial charge >= 0.3 is 0 Å². The molecule has 0 saturated carbocycles. The summed E-state index contributed by atoms with van der Waals surface area (Å²) >= 11 is 0. The van der Waals surface area contributed by atoms with Crippen LogP contribution in [0.5, 0.6) is 0 Å². The molecule has 5 aromatic rings. The predicted molar refractivity (Wildman–Crippen MR) is 141 cm³/mol. The van der Waals surface area contributed by atoms with Gasteiger partial charge in [0.15, 0.2) is 0 Å². The number of para-hydroxylation sites is 1. The molecule has 3 aromatic carbocycles. The van der Waals surface area contributed by atoms with Crippen molar-refractivity contribution in [2.75, 3.05) is 0 Å². The monoisotopic (exact) mass is 527 g/mol. The average molecular weight is 528 g/mol. The highest BCUT2D eigenvalue weighted by Gasteiger charge is 2.28. The number of nitrogens with one attached hydrogen (secondary N) is 1. The lowest BCUT2D eigenvalue weighted by Crippen LogP contribution is -2.28. The van der Waals surface area contributed by atoms with Gasteiger partial charge in [-0.15, -0.1) is 0 Å². The zero-order chi connectivity index (χ0) is 26.5. The first-order valence-corrected chi connectivity index (χ1v) is 13.1. The van der Waals surface area contributed by atoms with Crippen LogP contribution in [0.2, 0.25) is 0 Å². The molecule has 0 atom stereocenters. The molecule has 0 fully saturated rings. The van der Waals surface area contributed by atoms with Crippen LogP contribution in [0.15, 0.2) is 124 Å². The predicted octanol–water partition coefficient (Wildman–Crippen LogP) is 5.40. The fourth-order valence-corrected chi connectivity index (χ4v) is 5.21. The molecule has 5 rings (SSSR count). The van der Waals surface area contributed by atoms with Gasteiger partial charge in [-0.2, -0.15) is 5.10 Å². The summed E-state index contributed by atoms with van der Waals surface area (Å²) in [5.41, 5.74) is 2.03. The van der Waals surface area contributed by atoms with E-state index in [0.717, 1.165) is 5.69 Å². The summed E-state index contributed by atoms with van der Waals surface area (Å²) in [7, 11) is -4.23. The van der Waals surface area contributed by atoms with Crippen LogP contribution in [-0.2, 0) is 21.2 Å². The fourth-order valence-electron chi connectivity index (χ4n) is 3.84. The van der Waals surface area contributed by atoms with E-state index < -0.39 is 26.5 Å². The largest absolute Gasteiger partial charge is 0.467 e. The van der Waals surface area contributed by atoms with Crippen molar-refractivity contribution in [3.63, 3.8) is 0 Å². The molecule has 38 heavy (non-hydrogen) atoms. The highest BCUT2D eigenvalue weighted by atomic mass is 32.2. The fraction of sp³-hybridized carbons (Fsp3) is 0.0345. The minimum absolute atomic E-state index is 0.00157. The molecule has 0 aliphatic heterocycles. The first kappa shape index (κ1) is 24.9. The average Bonchev–Trinajstić information content (AvgIpc) is 3.62. The van der Waals surface area contributed by atoms with Crippen LogP contribution in [0.1, 0.15) is 11.3 Å². The van der Waals surface area contributed by atoms with Crippen LogP contribution < -0.4 is 5.32 Å². The Labute approximate surface area is 218 Å². The summed E-state index contributed by atoms with van der Waals surface area (Å²) < 4.78 is 47.9. The highest BCUT2D eigenvalue weighted by molar-refractivity contribution is 7.96. The van der Waals surface area contributed by atoms with E-state index in [9.17, 15) is 17.6 Å². The Morgan fingerprint density at radius 3 is 2.26 bits per heavy atom. The summed E-state index contributed by atoms with van der Waals surface area (Å²) in [6, 6.07) is 26.0. The molecule has 0 aliphatic rings. The smallest absolute Gasteiger partial charge is 0.263 e. The van der Waals surface area contributed by atoms with E-state index in [-0.39, 0.29) is 11.4 Å². The Kier molecular flexibility index (Phi) is 7.01. The number of sulfone groups is 1. The number of halogens is 1. The van der Waals surface area contributed by atoms with Crippen molar-refractivity contribution in [3.8, 4) is 16.9 Å². The lowest BCUT2D eigenvalue weighted by atomic mass is 10.1. The van der Waals surface area contributed by atoms with E-state index in [2.05, 4.69) is 10.4 Å². The number of hydrogen-bond acceptors (Lipinski definition) is 5. The first-order valence-electron chi connectivity index (χ1n) is 11.7. The number of hydrogen-bond donors (Lipinski definition) is 1. The van der Waals surface area contributed by atoms with Gasteiger partial charge in [-0.25, -0.2) is 17.5 Å². The summed E-state index contributed by atoms with van der Waals surface area (Å²) in [5.74, 6) is -0.750. The lowest BCUT2D eigenvalue weighted by molar-refractivity contribution is -0.117. The summed E-state index contributed by atoms with van der Waals surface area (Å²) in [6.07, 6.45) is 4.39. The van der Waals surface area contributed by atoms with Gasteiger partial charge in [-0.1, -0.05) is 36.4 Å². The van der Waals surface area contributed by atoms with E-state index in [1.54, 1.807) is 53.3 Å². The Morgan fingerprint density at radius 2 is 1.61 bits per heavy atom. The zero-order valence-electron chi connectivity index (χ0n) is 20.0. The number of carbonyl (C=O) groups is 1. The highest BCUT2D eigenvalue weighted by Crippen LogP contribution is 2.29. The van der Waals surface area contributed by atoms with Crippen molar-refractivity contribution in [2.45, 2.75) is 11.4 Å². The molecule has 190 valence electrons. The first-order chi connectivity index (χ1) is 18.4. The maximum absolute atomic E-state index is 13.7. The number of rotatable bonds is 8. The van der Waals surface area contributed by atoms with Crippen molar-refractivity contribution in [3.05, 3.63) is 132 Å². The molecule has 0 unspecified atom stereocenters. The minimum atomic E-state index is -4.23. The summed E-state index contributed by atoms with van der Waals surface area (Å²) in [5, 5.41) is 7.27. The van der Waals surface area contributed by atoms with Gasteiger partial charge in [0.25, 0.3) is 5.91 Å². The summed E-state index contributed by atoms with van der Waals surface area (Å²) in [6.45, 7) is 0.00157. The van der Waals surface area contributed by atoms with E-state index >= 15 is 0 Å². The number of aromatic nitrogens is 2. The molecule has 1 N–H and O–H groups in total. The molecule has 2 aromatic heterocycles. The third kappa shape index (κ3) is 5.33. The van der Waals surface area contributed by atoms with Crippen LogP contribution >= 0.6 is 0 Å². The molecule has 2 heterocycles. The van der Waals surface area contributed by atoms with E-state index in [0.29, 0.717) is 22.6 Å². The molecule has 7 nitrogen and oxygen atoms in total. The molecule has 0 saturated heterocycles. The Morgan fingerprint density at radius 1 is 0.921 bits per heavy atom. The van der Waals surface area contributed by atoms with Gasteiger partial charge in [-0.3, -0.25) is 4.79 Å². The molecular formula is C29H22FN3O4S. The van der Waals surface area contributed by atoms with Crippen molar-refractivity contribution in [1.29, 1.82) is 0 Å². The summed E-state index contributed by atoms with van der Waals surface area (Å²) in [4.78, 5) is 12.9. The van der Waals surface area contributed by atoms with Gasteiger partial charge in [-0.05, 0) is 66.7 Å². The number of benzene rings is 3. The second kappa shape index (κ2) is 10.7. The van der Waals surface area contributed by atoms with Crippen LogP contribution in [0.4, 0.5) is 4.39 Å². The molecule has 0 radical (unpaired) electrons. The number of amides is 1. The van der Waals surface area contributed by atoms with Gasteiger partial charge in [0, 0.05) is 17.3 Å². The van der Waals surface area contributed by atoms with Crippen LogP contribution in [0, 0.1) is 5.82 Å². The Bertz CT molecular complexity index is 1680. The third-order valence-corrected chi connectivity index (χ3v) is 7.51.